The van der Waals surface area contributed by atoms with E-state index in [4.69, 9.17) is 21.3 Å². The van der Waals surface area contributed by atoms with Crippen LogP contribution in [0.4, 0.5) is 4.39 Å². The standard InChI is InChI=1S/C39H34ClFN2O/c1-3-28-25-33(37(41)35(26-28)44-4-2)36(40)38-42-34(29-17-9-5-10-18-29)27-43(38)39(30-19-11-6-12-20-30,31-21-13-7-14-22-31)32-23-15-8-16-24-32/h5-27,36H,3-4H2,1-2H3. The van der Waals surface area contributed by atoms with Gasteiger partial charge < -0.3 is 9.30 Å². The second kappa shape index (κ2) is 12.9. The number of aromatic nitrogens is 2. The van der Waals surface area contributed by atoms with Crippen molar-refractivity contribution in [3.05, 3.63) is 179 Å². The van der Waals surface area contributed by atoms with Gasteiger partial charge in [0.15, 0.2) is 11.6 Å². The van der Waals surface area contributed by atoms with Crippen molar-refractivity contribution in [2.75, 3.05) is 6.61 Å². The molecule has 0 spiro atoms. The topological polar surface area (TPSA) is 27.1 Å². The van der Waals surface area contributed by atoms with Crippen LogP contribution in [0.3, 0.4) is 0 Å². The Morgan fingerprint density at radius 1 is 0.750 bits per heavy atom. The van der Waals surface area contributed by atoms with Crippen LogP contribution in [-0.4, -0.2) is 16.2 Å². The van der Waals surface area contributed by atoms with Crippen molar-refractivity contribution < 1.29 is 9.13 Å². The monoisotopic (exact) mass is 600 g/mol. The Bertz CT molecular complexity index is 1730. The van der Waals surface area contributed by atoms with E-state index in [1.807, 2.05) is 105 Å². The third kappa shape index (κ3) is 5.31. The fourth-order valence-electron chi connectivity index (χ4n) is 6.01. The van der Waals surface area contributed by atoms with Crippen LogP contribution >= 0.6 is 11.6 Å². The zero-order chi connectivity index (χ0) is 30.5. The number of nitrogens with zero attached hydrogens (tertiary/aromatic N) is 2. The maximum absolute atomic E-state index is 16.2. The highest BCUT2D eigenvalue weighted by Crippen LogP contribution is 2.45. The van der Waals surface area contributed by atoms with E-state index in [9.17, 15) is 0 Å². The van der Waals surface area contributed by atoms with Crippen LogP contribution in [0.15, 0.2) is 140 Å². The molecule has 0 N–H and O–H groups in total. The molecular weight excluding hydrogens is 567 g/mol. The van der Waals surface area contributed by atoms with Gasteiger partial charge in [-0.15, -0.1) is 11.6 Å². The van der Waals surface area contributed by atoms with Crippen LogP contribution in [0.25, 0.3) is 11.3 Å². The van der Waals surface area contributed by atoms with Crippen molar-refractivity contribution in [3.63, 3.8) is 0 Å². The predicted octanol–water partition coefficient (Wildman–Crippen LogP) is 9.82. The van der Waals surface area contributed by atoms with Crippen LogP contribution < -0.4 is 4.74 Å². The van der Waals surface area contributed by atoms with Crippen molar-refractivity contribution in [1.82, 2.24) is 9.55 Å². The van der Waals surface area contributed by atoms with Gasteiger partial charge in [-0.05, 0) is 41.7 Å². The second-order valence-electron chi connectivity index (χ2n) is 10.7. The first-order valence-corrected chi connectivity index (χ1v) is 15.4. The van der Waals surface area contributed by atoms with Gasteiger partial charge in [-0.1, -0.05) is 134 Å². The van der Waals surface area contributed by atoms with Crippen molar-refractivity contribution >= 4 is 11.6 Å². The third-order valence-electron chi connectivity index (χ3n) is 8.07. The molecule has 1 atom stereocenters. The van der Waals surface area contributed by atoms with Crippen molar-refractivity contribution in [2.24, 2.45) is 0 Å². The van der Waals surface area contributed by atoms with Crippen LogP contribution in [-0.2, 0) is 12.0 Å². The van der Waals surface area contributed by atoms with Gasteiger partial charge in [-0.25, -0.2) is 9.37 Å². The molecule has 0 aliphatic heterocycles. The maximum atomic E-state index is 16.2. The summed E-state index contributed by atoms with van der Waals surface area (Å²) >= 11 is 7.43. The van der Waals surface area contributed by atoms with E-state index in [0.29, 0.717) is 24.4 Å². The van der Waals surface area contributed by atoms with Gasteiger partial charge in [0.2, 0.25) is 0 Å². The summed E-state index contributed by atoms with van der Waals surface area (Å²) in [5, 5.41) is -0.923. The minimum atomic E-state index is -0.923. The highest BCUT2D eigenvalue weighted by Gasteiger charge is 2.42. The van der Waals surface area contributed by atoms with E-state index >= 15 is 4.39 Å². The number of benzene rings is 5. The van der Waals surface area contributed by atoms with Gasteiger partial charge in [0.1, 0.15) is 16.7 Å². The normalized spacial score (nSPS) is 12.2. The van der Waals surface area contributed by atoms with E-state index in [2.05, 4.69) is 47.2 Å². The van der Waals surface area contributed by atoms with Gasteiger partial charge in [0.05, 0.1) is 12.3 Å². The number of aryl methyl sites for hydroxylation is 1. The lowest BCUT2D eigenvalue weighted by Gasteiger charge is -2.39. The molecule has 0 amide bonds. The number of imidazole rings is 1. The molecule has 0 aliphatic rings. The van der Waals surface area contributed by atoms with E-state index in [-0.39, 0.29) is 5.75 Å². The Labute approximate surface area is 263 Å². The quantitative estimate of drug-likeness (QED) is 0.116. The largest absolute Gasteiger partial charge is 0.491 e. The summed E-state index contributed by atoms with van der Waals surface area (Å²) in [6.07, 6.45) is 2.76. The van der Waals surface area contributed by atoms with Gasteiger partial charge in [-0.2, -0.15) is 0 Å². The maximum Gasteiger partial charge on any atom is 0.170 e. The molecule has 1 heterocycles. The first-order valence-electron chi connectivity index (χ1n) is 15.0. The number of ether oxygens (including phenoxy) is 1. The molecule has 6 rings (SSSR count). The smallest absolute Gasteiger partial charge is 0.170 e. The van der Waals surface area contributed by atoms with E-state index in [1.165, 1.54) is 0 Å². The molecule has 1 aromatic heterocycles. The lowest BCUT2D eigenvalue weighted by Crippen LogP contribution is -2.39. The molecular formula is C39H34ClFN2O. The van der Waals surface area contributed by atoms with Crippen molar-refractivity contribution in [3.8, 4) is 17.0 Å². The summed E-state index contributed by atoms with van der Waals surface area (Å²) in [4.78, 5) is 5.19. The Balaban J connectivity index is 1.72. The molecule has 3 nitrogen and oxygen atoms in total. The number of rotatable bonds is 10. The summed E-state index contributed by atoms with van der Waals surface area (Å²) in [6.45, 7) is 4.24. The van der Waals surface area contributed by atoms with Crippen LogP contribution in [0.1, 0.15) is 52.9 Å². The Morgan fingerprint density at radius 2 is 1.25 bits per heavy atom. The average Bonchev–Trinajstić information content (AvgIpc) is 3.53. The number of hydrogen-bond donors (Lipinski definition) is 0. The Morgan fingerprint density at radius 3 is 1.73 bits per heavy atom. The third-order valence-corrected chi connectivity index (χ3v) is 8.50. The molecule has 0 aliphatic carbocycles. The summed E-state index contributed by atoms with van der Waals surface area (Å²) in [5.74, 6) is 0.260. The molecule has 44 heavy (non-hydrogen) atoms. The van der Waals surface area contributed by atoms with Crippen LogP contribution in [0.2, 0.25) is 0 Å². The molecule has 1 unspecified atom stereocenters. The van der Waals surface area contributed by atoms with Gasteiger partial charge in [-0.3, -0.25) is 0 Å². The number of hydrogen-bond acceptors (Lipinski definition) is 2. The average molecular weight is 601 g/mol. The molecule has 0 saturated carbocycles. The summed E-state index contributed by atoms with van der Waals surface area (Å²) in [5.41, 5.74) is 5.16. The molecule has 0 bridgehead atoms. The zero-order valence-electron chi connectivity index (χ0n) is 24.8. The molecule has 0 radical (unpaired) electrons. The summed E-state index contributed by atoms with van der Waals surface area (Å²) < 4.78 is 24.1. The molecule has 5 heteroatoms. The van der Waals surface area contributed by atoms with Gasteiger partial charge in [0.25, 0.3) is 0 Å². The number of alkyl halides is 1. The predicted molar refractivity (Wildman–Crippen MR) is 177 cm³/mol. The van der Waals surface area contributed by atoms with Gasteiger partial charge >= 0.3 is 0 Å². The van der Waals surface area contributed by atoms with E-state index < -0.39 is 16.7 Å². The zero-order valence-corrected chi connectivity index (χ0v) is 25.6. The van der Waals surface area contributed by atoms with E-state index in [0.717, 1.165) is 33.5 Å². The van der Waals surface area contributed by atoms with Gasteiger partial charge in [0, 0.05) is 17.3 Å². The minimum absolute atomic E-state index is 0.203. The Hall–Kier alpha value is -4.67. The SMILES string of the molecule is CCOc1cc(CC)cc(C(Cl)c2nc(-c3ccccc3)cn2C(c2ccccc2)(c2ccccc2)c2ccccc2)c1F. The van der Waals surface area contributed by atoms with Crippen LogP contribution in [0, 0.1) is 5.82 Å². The first kappa shape index (κ1) is 29.4. The highest BCUT2D eigenvalue weighted by atomic mass is 35.5. The molecule has 0 saturated heterocycles. The molecule has 0 fully saturated rings. The lowest BCUT2D eigenvalue weighted by molar-refractivity contribution is 0.319. The minimum Gasteiger partial charge on any atom is -0.491 e. The molecule has 220 valence electrons. The van der Waals surface area contributed by atoms with Crippen molar-refractivity contribution in [1.29, 1.82) is 0 Å². The summed E-state index contributed by atoms with van der Waals surface area (Å²) in [6, 6.07) is 44.7. The molecule has 6 aromatic rings. The lowest BCUT2D eigenvalue weighted by atomic mass is 9.76. The Kier molecular flexibility index (Phi) is 8.63. The van der Waals surface area contributed by atoms with Crippen molar-refractivity contribution in [2.45, 2.75) is 31.2 Å². The first-order chi connectivity index (χ1) is 21.6. The van der Waals surface area contributed by atoms with Crippen LogP contribution in [0.5, 0.6) is 5.75 Å². The second-order valence-corrected chi connectivity index (χ2v) is 11.1. The molecule has 5 aromatic carbocycles. The van der Waals surface area contributed by atoms with E-state index in [1.54, 1.807) is 6.07 Å². The fourth-order valence-corrected chi connectivity index (χ4v) is 6.32. The fraction of sp³-hybridized carbons (Fsp3) is 0.154. The highest BCUT2D eigenvalue weighted by molar-refractivity contribution is 6.22. The summed E-state index contributed by atoms with van der Waals surface area (Å²) in [7, 11) is 0. The number of halogens is 2.